The number of carboxylic acid groups (broad SMARTS) is 1. The molecule has 0 bridgehead atoms. The maximum Gasteiger partial charge on any atom is 0.325 e. The Labute approximate surface area is 114 Å². The number of hydrogen-bond acceptors (Lipinski definition) is 4. The average Bonchev–Trinajstić information content (AvgIpc) is 2.53. The van der Waals surface area contributed by atoms with Crippen molar-refractivity contribution in [3.63, 3.8) is 0 Å². The predicted octanol–water partition coefficient (Wildman–Crippen LogP) is 2.19. The van der Waals surface area contributed by atoms with Gasteiger partial charge in [0.1, 0.15) is 12.4 Å². The van der Waals surface area contributed by atoms with Gasteiger partial charge in [-0.05, 0) is 25.1 Å². The van der Waals surface area contributed by atoms with Crippen LogP contribution < -0.4 is 0 Å². The van der Waals surface area contributed by atoms with E-state index in [1.54, 1.807) is 6.92 Å². The molecule has 0 aliphatic heterocycles. The summed E-state index contributed by atoms with van der Waals surface area (Å²) in [6, 6.07) is 0. The highest BCUT2D eigenvalue weighted by Gasteiger charge is 2.37. The minimum Gasteiger partial charge on any atom is -0.480 e. The van der Waals surface area contributed by atoms with E-state index in [1.807, 2.05) is 0 Å². The highest BCUT2D eigenvalue weighted by Crippen LogP contribution is 2.36. The van der Waals surface area contributed by atoms with Crippen LogP contribution in [0.3, 0.4) is 0 Å². The maximum atomic E-state index is 10.8. The van der Waals surface area contributed by atoms with Crippen LogP contribution in [-0.4, -0.2) is 34.2 Å². The smallest absolute Gasteiger partial charge is 0.325 e. The first-order valence-corrected chi connectivity index (χ1v) is 9.20. The van der Waals surface area contributed by atoms with E-state index < -0.39 is 14.3 Å². The van der Waals surface area contributed by atoms with Crippen LogP contribution in [0.4, 0.5) is 0 Å². The SMILES string of the molecule is Cc1nc(CO[Si](C)(C)C(C)(C)C)n(CC(=O)O)n1. The van der Waals surface area contributed by atoms with E-state index in [9.17, 15) is 4.79 Å². The second-order valence-electron chi connectivity index (χ2n) is 6.18. The van der Waals surface area contributed by atoms with Crippen molar-refractivity contribution in [2.24, 2.45) is 0 Å². The van der Waals surface area contributed by atoms with E-state index in [0.717, 1.165) is 0 Å². The maximum absolute atomic E-state index is 10.8. The molecular weight excluding hydrogens is 262 g/mol. The normalized spacial score (nSPS) is 12.7. The fraction of sp³-hybridized carbons (Fsp3) is 0.750. The first-order valence-electron chi connectivity index (χ1n) is 6.29. The quantitative estimate of drug-likeness (QED) is 0.839. The van der Waals surface area contributed by atoms with Gasteiger partial charge in [0.05, 0.1) is 6.61 Å². The molecule has 0 unspecified atom stereocenters. The summed E-state index contributed by atoms with van der Waals surface area (Å²) < 4.78 is 7.43. The number of aliphatic carboxylic acids is 1. The summed E-state index contributed by atoms with van der Waals surface area (Å²) in [7, 11) is -1.87. The van der Waals surface area contributed by atoms with Gasteiger partial charge in [0.25, 0.3) is 0 Å². The van der Waals surface area contributed by atoms with Gasteiger partial charge >= 0.3 is 5.97 Å². The fourth-order valence-corrected chi connectivity index (χ4v) is 2.25. The van der Waals surface area contributed by atoms with Crippen molar-refractivity contribution in [2.45, 2.75) is 59.0 Å². The molecule has 1 rings (SSSR count). The summed E-state index contributed by atoms with van der Waals surface area (Å²) in [5.74, 6) is 0.207. The number of aryl methyl sites for hydroxylation is 1. The van der Waals surface area contributed by atoms with E-state index in [4.69, 9.17) is 9.53 Å². The molecule has 0 saturated carbocycles. The topological polar surface area (TPSA) is 77.2 Å². The third-order valence-electron chi connectivity index (χ3n) is 3.51. The zero-order valence-corrected chi connectivity index (χ0v) is 13.5. The van der Waals surface area contributed by atoms with Crippen LogP contribution in [0.15, 0.2) is 0 Å². The molecule has 0 aliphatic rings. The lowest BCUT2D eigenvalue weighted by atomic mass is 10.2. The second kappa shape index (κ2) is 5.42. The van der Waals surface area contributed by atoms with Crippen LogP contribution in [0, 0.1) is 6.92 Å². The summed E-state index contributed by atoms with van der Waals surface area (Å²) in [4.78, 5) is 15.0. The minimum atomic E-state index is -1.87. The zero-order valence-electron chi connectivity index (χ0n) is 12.5. The molecule has 1 aromatic rings. The predicted molar refractivity (Wildman–Crippen MR) is 74.4 cm³/mol. The Kier molecular flexibility index (Phi) is 4.52. The van der Waals surface area contributed by atoms with Crippen molar-refractivity contribution >= 4 is 14.3 Å². The number of hydrogen-bond donors (Lipinski definition) is 1. The molecule has 0 spiro atoms. The Morgan fingerprint density at radius 1 is 1.42 bits per heavy atom. The molecule has 0 aliphatic carbocycles. The molecule has 7 heteroatoms. The van der Waals surface area contributed by atoms with Gasteiger partial charge in [-0.25, -0.2) is 9.67 Å². The van der Waals surface area contributed by atoms with Gasteiger partial charge in [-0.15, -0.1) is 0 Å². The molecule has 0 aromatic carbocycles. The van der Waals surface area contributed by atoms with Gasteiger partial charge < -0.3 is 9.53 Å². The van der Waals surface area contributed by atoms with E-state index >= 15 is 0 Å². The second-order valence-corrected chi connectivity index (χ2v) is 11.0. The molecule has 0 amide bonds. The summed E-state index contributed by atoms with van der Waals surface area (Å²) >= 11 is 0. The Balaban J connectivity index is 2.81. The molecular formula is C12H23N3O3Si. The molecule has 108 valence electrons. The Hall–Kier alpha value is -1.21. The van der Waals surface area contributed by atoms with Crippen LogP contribution >= 0.6 is 0 Å². The molecule has 0 radical (unpaired) electrons. The van der Waals surface area contributed by atoms with E-state index in [1.165, 1.54) is 4.68 Å². The largest absolute Gasteiger partial charge is 0.480 e. The Morgan fingerprint density at radius 3 is 2.47 bits per heavy atom. The van der Waals surface area contributed by atoms with Gasteiger partial charge in [-0.2, -0.15) is 5.10 Å². The highest BCUT2D eigenvalue weighted by molar-refractivity contribution is 6.74. The van der Waals surface area contributed by atoms with Crippen molar-refractivity contribution in [2.75, 3.05) is 0 Å². The zero-order chi connectivity index (χ0) is 14.8. The van der Waals surface area contributed by atoms with Crippen LogP contribution in [0.25, 0.3) is 0 Å². The summed E-state index contributed by atoms with van der Waals surface area (Å²) in [6.07, 6.45) is 0. The van der Waals surface area contributed by atoms with Crippen molar-refractivity contribution in [3.05, 3.63) is 11.6 Å². The lowest BCUT2D eigenvalue weighted by Crippen LogP contribution is -2.40. The third kappa shape index (κ3) is 4.14. The standard InChI is InChI=1S/C12H23N3O3Si/c1-9-13-10(15(14-9)7-11(16)17)8-18-19(5,6)12(2,3)4/h7-8H2,1-6H3,(H,16,17). The van der Waals surface area contributed by atoms with Crippen molar-refractivity contribution < 1.29 is 14.3 Å². The number of nitrogens with zero attached hydrogens (tertiary/aromatic N) is 3. The summed E-state index contributed by atoms with van der Waals surface area (Å²) in [6.45, 7) is 12.6. The molecule has 19 heavy (non-hydrogen) atoms. The highest BCUT2D eigenvalue weighted by atomic mass is 28.4. The van der Waals surface area contributed by atoms with Crippen molar-refractivity contribution in [1.82, 2.24) is 14.8 Å². The van der Waals surface area contributed by atoms with Crippen LogP contribution in [0.2, 0.25) is 18.1 Å². The van der Waals surface area contributed by atoms with Crippen LogP contribution in [0.5, 0.6) is 0 Å². The Morgan fingerprint density at radius 2 is 2.00 bits per heavy atom. The van der Waals surface area contributed by atoms with Gasteiger partial charge in [-0.1, -0.05) is 20.8 Å². The molecule has 0 atom stereocenters. The van der Waals surface area contributed by atoms with Gasteiger partial charge in [0.2, 0.25) is 0 Å². The molecule has 1 N–H and O–H groups in total. The molecule has 1 heterocycles. The summed E-state index contributed by atoms with van der Waals surface area (Å²) in [5, 5.41) is 13.0. The Bertz CT molecular complexity index is 463. The number of carboxylic acids is 1. The molecule has 1 aromatic heterocycles. The lowest BCUT2D eigenvalue weighted by Gasteiger charge is -2.35. The van der Waals surface area contributed by atoms with Crippen molar-refractivity contribution in [1.29, 1.82) is 0 Å². The lowest BCUT2D eigenvalue weighted by molar-refractivity contribution is -0.138. The van der Waals surface area contributed by atoms with Gasteiger partial charge in [0.15, 0.2) is 14.1 Å². The van der Waals surface area contributed by atoms with Crippen LogP contribution in [0.1, 0.15) is 32.4 Å². The number of rotatable bonds is 5. The average molecular weight is 285 g/mol. The number of carbonyl (C=O) groups is 1. The first-order chi connectivity index (χ1) is 8.53. The molecule has 0 saturated heterocycles. The van der Waals surface area contributed by atoms with Gasteiger partial charge in [0, 0.05) is 0 Å². The first kappa shape index (κ1) is 15.8. The molecule has 6 nitrogen and oxygen atoms in total. The monoisotopic (exact) mass is 285 g/mol. The van der Waals surface area contributed by atoms with E-state index in [2.05, 4.69) is 43.9 Å². The third-order valence-corrected chi connectivity index (χ3v) is 7.99. The fourth-order valence-electron chi connectivity index (χ4n) is 1.32. The van der Waals surface area contributed by atoms with E-state index in [-0.39, 0.29) is 11.6 Å². The van der Waals surface area contributed by atoms with Crippen molar-refractivity contribution in [3.8, 4) is 0 Å². The van der Waals surface area contributed by atoms with E-state index in [0.29, 0.717) is 18.3 Å². The number of aromatic nitrogens is 3. The summed E-state index contributed by atoms with van der Waals surface area (Å²) in [5.41, 5.74) is 0. The van der Waals surface area contributed by atoms with Gasteiger partial charge in [-0.3, -0.25) is 4.79 Å². The minimum absolute atomic E-state index is 0.111. The van der Waals surface area contributed by atoms with Crippen LogP contribution in [-0.2, 0) is 22.4 Å². The molecule has 0 fully saturated rings.